The van der Waals surface area contributed by atoms with Gasteiger partial charge in [0, 0.05) is 36.9 Å². The number of ether oxygens (including phenoxy) is 1. The molecular formula is C24H31N2O2+. The number of likely N-dealkylation sites (tertiary alicyclic amines) is 1. The maximum atomic E-state index is 11.6. The van der Waals surface area contributed by atoms with E-state index in [0.717, 1.165) is 53.4 Å². The van der Waals surface area contributed by atoms with Gasteiger partial charge in [-0.05, 0) is 30.0 Å². The van der Waals surface area contributed by atoms with E-state index in [2.05, 4.69) is 42.7 Å². The summed E-state index contributed by atoms with van der Waals surface area (Å²) < 4.78 is 7.25. The molecule has 1 saturated heterocycles. The van der Waals surface area contributed by atoms with Gasteiger partial charge in [0.15, 0.2) is 0 Å². The fraction of sp³-hybridized carbons (Fsp3) is 0.458. The molecule has 2 aromatic carbocycles. The molecule has 0 radical (unpaired) electrons. The zero-order valence-corrected chi connectivity index (χ0v) is 16.8. The number of anilines is 1. The second-order valence-corrected chi connectivity index (χ2v) is 8.51. The van der Waals surface area contributed by atoms with Crippen LogP contribution in [0.15, 0.2) is 48.5 Å². The number of carbonyl (C=O) groups is 1. The third kappa shape index (κ3) is 4.39. The van der Waals surface area contributed by atoms with Crippen molar-refractivity contribution < 1.29 is 14.0 Å². The SMILES string of the molecule is C[N+]1(CCCOc2cccc3c2CCC(=O)N3)CCC(c2ccccc2)CC1. The van der Waals surface area contributed by atoms with Crippen LogP contribution in [-0.2, 0) is 11.2 Å². The first kappa shape index (κ1) is 19.0. The summed E-state index contributed by atoms with van der Waals surface area (Å²) in [4.78, 5) is 11.6. The van der Waals surface area contributed by atoms with Gasteiger partial charge in [0.2, 0.25) is 5.91 Å². The number of quaternary nitrogens is 1. The normalized spacial score (nSPS) is 24.3. The van der Waals surface area contributed by atoms with Crippen molar-refractivity contribution >= 4 is 11.6 Å². The van der Waals surface area contributed by atoms with Crippen LogP contribution in [0.2, 0.25) is 0 Å². The average molecular weight is 380 g/mol. The Bertz CT molecular complexity index is 811. The molecule has 0 atom stereocenters. The van der Waals surface area contributed by atoms with Crippen LogP contribution in [0.25, 0.3) is 0 Å². The number of fused-ring (bicyclic) bond motifs is 1. The van der Waals surface area contributed by atoms with Crippen LogP contribution in [0, 0.1) is 0 Å². The molecule has 148 valence electrons. The molecular weight excluding hydrogens is 348 g/mol. The summed E-state index contributed by atoms with van der Waals surface area (Å²) in [5, 5.41) is 2.94. The molecule has 4 rings (SSSR count). The number of hydrogen-bond donors (Lipinski definition) is 1. The van der Waals surface area contributed by atoms with Crippen LogP contribution in [0.5, 0.6) is 5.75 Å². The zero-order valence-electron chi connectivity index (χ0n) is 16.8. The summed E-state index contributed by atoms with van der Waals surface area (Å²) >= 11 is 0. The molecule has 0 spiro atoms. The molecule has 2 heterocycles. The molecule has 0 saturated carbocycles. The molecule has 28 heavy (non-hydrogen) atoms. The lowest BCUT2D eigenvalue weighted by atomic mass is 9.88. The highest BCUT2D eigenvalue weighted by atomic mass is 16.5. The summed E-state index contributed by atoms with van der Waals surface area (Å²) in [6, 6.07) is 16.9. The molecule has 1 fully saturated rings. The van der Waals surface area contributed by atoms with Crippen LogP contribution in [0.4, 0.5) is 5.69 Å². The van der Waals surface area contributed by atoms with Gasteiger partial charge in [-0.1, -0.05) is 36.4 Å². The van der Waals surface area contributed by atoms with Crippen molar-refractivity contribution in [3.8, 4) is 5.75 Å². The van der Waals surface area contributed by atoms with Crippen LogP contribution in [0.1, 0.15) is 42.7 Å². The summed E-state index contributed by atoms with van der Waals surface area (Å²) in [6.45, 7) is 4.38. The number of amides is 1. The lowest BCUT2D eigenvalue weighted by molar-refractivity contribution is -0.914. The van der Waals surface area contributed by atoms with E-state index >= 15 is 0 Å². The molecule has 1 amide bonds. The largest absolute Gasteiger partial charge is 0.493 e. The first-order valence-electron chi connectivity index (χ1n) is 10.6. The van der Waals surface area contributed by atoms with Gasteiger partial charge < -0.3 is 14.5 Å². The molecule has 0 unspecified atom stereocenters. The maximum absolute atomic E-state index is 11.6. The monoisotopic (exact) mass is 379 g/mol. The molecule has 0 aliphatic carbocycles. The molecule has 0 bridgehead atoms. The number of rotatable bonds is 6. The van der Waals surface area contributed by atoms with Crippen molar-refractivity contribution in [3.63, 3.8) is 0 Å². The van der Waals surface area contributed by atoms with E-state index in [1.807, 2.05) is 18.2 Å². The van der Waals surface area contributed by atoms with Crippen molar-refractivity contribution in [3.05, 3.63) is 59.7 Å². The number of nitrogens with zero attached hydrogens (tertiary/aromatic N) is 1. The van der Waals surface area contributed by atoms with Crippen molar-refractivity contribution in [2.75, 3.05) is 38.6 Å². The van der Waals surface area contributed by atoms with E-state index in [1.54, 1.807) is 0 Å². The highest BCUT2D eigenvalue weighted by Gasteiger charge is 2.30. The minimum Gasteiger partial charge on any atom is -0.493 e. The second kappa shape index (κ2) is 8.36. The lowest BCUT2D eigenvalue weighted by Crippen LogP contribution is -2.50. The first-order chi connectivity index (χ1) is 13.6. The first-order valence-corrected chi connectivity index (χ1v) is 10.6. The van der Waals surface area contributed by atoms with Gasteiger partial charge >= 0.3 is 0 Å². The Morgan fingerprint density at radius 1 is 1.04 bits per heavy atom. The Hall–Kier alpha value is -2.33. The van der Waals surface area contributed by atoms with E-state index in [4.69, 9.17) is 4.74 Å². The minimum absolute atomic E-state index is 0.0981. The van der Waals surface area contributed by atoms with E-state index in [9.17, 15) is 4.79 Å². The topological polar surface area (TPSA) is 38.3 Å². The van der Waals surface area contributed by atoms with Gasteiger partial charge in [0.25, 0.3) is 0 Å². The molecule has 4 nitrogen and oxygen atoms in total. The van der Waals surface area contributed by atoms with Crippen LogP contribution in [-0.4, -0.2) is 43.7 Å². The van der Waals surface area contributed by atoms with E-state index in [-0.39, 0.29) is 5.91 Å². The smallest absolute Gasteiger partial charge is 0.224 e. The van der Waals surface area contributed by atoms with Gasteiger partial charge in [-0.25, -0.2) is 0 Å². The molecule has 1 N–H and O–H groups in total. The van der Waals surface area contributed by atoms with Gasteiger partial charge in [0.05, 0.1) is 33.3 Å². The fourth-order valence-corrected chi connectivity index (χ4v) is 4.63. The van der Waals surface area contributed by atoms with Crippen molar-refractivity contribution in [2.24, 2.45) is 0 Å². The average Bonchev–Trinajstić information content (AvgIpc) is 2.72. The Morgan fingerprint density at radius 3 is 2.61 bits per heavy atom. The highest BCUT2D eigenvalue weighted by Crippen LogP contribution is 2.32. The molecule has 4 heteroatoms. The minimum atomic E-state index is 0.0981. The van der Waals surface area contributed by atoms with Crippen molar-refractivity contribution in [2.45, 2.75) is 38.0 Å². The standard InChI is InChI=1S/C24H30N2O2/c1-26(16-13-20(14-17-26)19-7-3-2-4-8-19)15-6-18-28-23-10-5-9-22-21(23)11-12-24(27)25-22/h2-5,7-10,20H,6,11-18H2,1H3/p+1. The third-order valence-corrected chi connectivity index (χ3v) is 6.41. The highest BCUT2D eigenvalue weighted by molar-refractivity contribution is 5.94. The quantitative estimate of drug-likeness (QED) is 0.598. The molecule has 2 aliphatic rings. The fourth-order valence-electron chi connectivity index (χ4n) is 4.63. The molecule has 2 aliphatic heterocycles. The number of hydrogen-bond acceptors (Lipinski definition) is 2. The summed E-state index contributed by atoms with van der Waals surface area (Å²) in [7, 11) is 2.39. The predicted molar refractivity (Wildman–Crippen MR) is 113 cm³/mol. The third-order valence-electron chi connectivity index (χ3n) is 6.41. The lowest BCUT2D eigenvalue weighted by Gasteiger charge is -2.41. The number of carbonyl (C=O) groups excluding carboxylic acids is 1. The van der Waals surface area contributed by atoms with Crippen molar-refractivity contribution in [1.29, 1.82) is 0 Å². The number of piperidine rings is 1. The van der Waals surface area contributed by atoms with Crippen LogP contribution in [0.3, 0.4) is 0 Å². The van der Waals surface area contributed by atoms with Gasteiger partial charge in [0.1, 0.15) is 5.75 Å². The van der Waals surface area contributed by atoms with E-state index < -0.39 is 0 Å². The van der Waals surface area contributed by atoms with Gasteiger partial charge in [-0.2, -0.15) is 0 Å². The molecule has 0 aromatic heterocycles. The maximum Gasteiger partial charge on any atom is 0.224 e. The summed E-state index contributed by atoms with van der Waals surface area (Å²) in [5.74, 6) is 1.75. The van der Waals surface area contributed by atoms with E-state index in [1.165, 1.54) is 31.5 Å². The zero-order chi connectivity index (χ0) is 19.4. The second-order valence-electron chi connectivity index (χ2n) is 8.51. The predicted octanol–water partition coefficient (Wildman–Crippen LogP) is 4.36. The Balaban J connectivity index is 1.25. The van der Waals surface area contributed by atoms with Crippen LogP contribution < -0.4 is 10.1 Å². The summed E-state index contributed by atoms with van der Waals surface area (Å²) in [5.41, 5.74) is 3.56. The van der Waals surface area contributed by atoms with Crippen molar-refractivity contribution in [1.82, 2.24) is 0 Å². The molecule has 2 aromatic rings. The van der Waals surface area contributed by atoms with Gasteiger partial charge in [-0.3, -0.25) is 4.79 Å². The number of nitrogens with one attached hydrogen (secondary N) is 1. The Labute approximate surface area is 168 Å². The Morgan fingerprint density at radius 2 is 1.82 bits per heavy atom. The number of benzene rings is 2. The van der Waals surface area contributed by atoms with E-state index in [0.29, 0.717) is 6.42 Å². The summed E-state index contributed by atoms with van der Waals surface area (Å²) in [6.07, 6.45) is 4.92. The Kier molecular flexibility index (Phi) is 5.67. The van der Waals surface area contributed by atoms with Crippen LogP contribution >= 0.6 is 0 Å². The van der Waals surface area contributed by atoms with Gasteiger partial charge in [-0.15, -0.1) is 0 Å².